The maximum Gasteiger partial charge on any atom is 0.127 e. The average Bonchev–Trinajstić information content (AvgIpc) is 3.00. The molecule has 0 aromatic heterocycles. The lowest BCUT2D eigenvalue weighted by atomic mass is 9.87. The predicted octanol–water partition coefficient (Wildman–Crippen LogP) is 3.41. The summed E-state index contributed by atoms with van der Waals surface area (Å²) in [4.78, 5) is 2.62. The Balaban J connectivity index is 1.72. The van der Waals surface area contributed by atoms with Crippen LogP contribution in [0.25, 0.3) is 11.1 Å². The van der Waals surface area contributed by atoms with E-state index in [1.807, 2.05) is 13.0 Å². The van der Waals surface area contributed by atoms with Crippen molar-refractivity contribution in [2.75, 3.05) is 37.7 Å². The fourth-order valence-electron chi connectivity index (χ4n) is 4.76. The van der Waals surface area contributed by atoms with Crippen molar-refractivity contribution >= 4 is 5.69 Å². The SMILES string of the molecule is CCOc1ccccc1-c1ccc2c3c1N1CCNCC1C3CCO2. The van der Waals surface area contributed by atoms with Crippen LogP contribution in [0.3, 0.4) is 0 Å². The van der Waals surface area contributed by atoms with Crippen LogP contribution in [-0.4, -0.2) is 38.9 Å². The molecule has 4 heteroatoms. The van der Waals surface area contributed by atoms with Crippen LogP contribution in [0.1, 0.15) is 24.8 Å². The summed E-state index contributed by atoms with van der Waals surface area (Å²) in [6, 6.07) is 13.3. The third kappa shape index (κ3) is 2.24. The molecule has 0 radical (unpaired) electrons. The molecule has 0 aliphatic carbocycles. The van der Waals surface area contributed by atoms with Gasteiger partial charge in [0, 0.05) is 48.3 Å². The highest BCUT2D eigenvalue weighted by Crippen LogP contribution is 2.54. The molecule has 1 saturated heterocycles. The average molecular weight is 336 g/mol. The van der Waals surface area contributed by atoms with E-state index < -0.39 is 0 Å². The van der Waals surface area contributed by atoms with Gasteiger partial charge >= 0.3 is 0 Å². The number of hydrogen-bond donors (Lipinski definition) is 1. The van der Waals surface area contributed by atoms with Crippen LogP contribution in [0.4, 0.5) is 5.69 Å². The van der Waals surface area contributed by atoms with Crippen molar-refractivity contribution in [1.29, 1.82) is 0 Å². The van der Waals surface area contributed by atoms with Gasteiger partial charge in [-0.25, -0.2) is 0 Å². The maximum atomic E-state index is 6.01. The summed E-state index contributed by atoms with van der Waals surface area (Å²) in [5.74, 6) is 2.62. The second-order valence-electron chi connectivity index (χ2n) is 7.01. The van der Waals surface area contributed by atoms with E-state index in [1.165, 1.54) is 22.4 Å². The first-order valence-electron chi connectivity index (χ1n) is 9.37. The molecule has 4 nitrogen and oxygen atoms in total. The van der Waals surface area contributed by atoms with Gasteiger partial charge in [-0.2, -0.15) is 0 Å². The molecule has 1 fully saturated rings. The minimum absolute atomic E-state index is 0.548. The van der Waals surface area contributed by atoms with Gasteiger partial charge in [0.1, 0.15) is 11.5 Å². The summed E-state index contributed by atoms with van der Waals surface area (Å²) in [6.45, 7) is 6.71. The van der Waals surface area contributed by atoms with Gasteiger partial charge in [0.2, 0.25) is 0 Å². The lowest BCUT2D eigenvalue weighted by molar-refractivity contribution is 0.257. The highest BCUT2D eigenvalue weighted by atomic mass is 16.5. The number of benzene rings is 2. The van der Waals surface area contributed by atoms with Crippen LogP contribution in [0.5, 0.6) is 11.5 Å². The maximum absolute atomic E-state index is 6.01. The highest BCUT2D eigenvalue weighted by molar-refractivity contribution is 5.88. The number of nitrogens with one attached hydrogen (secondary N) is 1. The number of ether oxygens (including phenoxy) is 2. The Bertz CT molecular complexity index is 804. The number of para-hydroxylation sites is 1. The van der Waals surface area contributed by atoms with Crippen LogP contribution in [0, 0.1) is 0 Å². The van der Waals surface area contributed by atoms with Crippen molar-refractivity contribution in [2.45, 2.75) is 25.3 Å². The molecule has 2 unspecified atom stereocenters. The molecule has 25 heavy (non-hydrogen) atoms. The summed E-state index contributed by atoms with van der Waals surface area (Å²) in [5, 5.41) is 3.58. The molecule has 0 spiro atoms. The van der Waals surface area contributed by atoms with E-state index in [0.717, 1.165) is 44.2 Å². The van der Waals surface area contributed by atoms with Crippen molar-refractivity contribution < 1.29 is 9.47 Å². The number of anilines is 1. The van der Waals surface area contributed by atoms with E-state index in [2.05, 4.69) is 40.5 Å². The first-order chi connectivity index (χ1) is 12.4. The molecule has 3 heterocycles. The Labute approximate surface area is 148 Å². The molecule has 0 saturated carbocycles. The minimum Gasteiger partial charge on any atom is -0.493 e. The zero-order chi connectivity index (χ0) is 16.8. The van der Waals surface area contributed by atoms with Gasteiger partial charge in [-0.15, -0.1) is 0 Å². The van der Waals surface area contributed by atoms with Gasteiger partial charge in [-0.3, -0.25) is 0 Å². The summed E-state index contributed by atoms with van der Waals surface area (Å²) < 4.78 is 11.9. The predicted molar refractivity (Wildman–Crippen MR) is 99.9 cm³/mol. The topological polar surface area (TPSA) is 33.7 Å². The van der Waals surface area contributed by atoms with Gasteiger partial charge in [0.25, 0.3) is 0 Å². The Kier molecular flexibility index (Phi) is 3.59. The fraction of sp³-hybridized carbons (Fsp3) is 0.429. The van der Waals surface area contributed by atoms with E-state index in [4.69, 9.17) is 9.47 Å². The number of hydrogen-bond acceptors (Lipinski definition) is 4. The van der Waals surface area contributed by atoms with E-state index in [-0.39, 0.29) is 0 Å². The smallest absolute Gasteiger partial charge is 0.127 e. The van der Waals surface area contributed by atoms with Crippen LogP contribution in [0.15, 0.2) is 36.4 Å². The van der Waals surface area contributed by atoms with E-state index in [1.54, 1.807) is 0 Å². The van der Waals surface area contributed by atoms with Gasteiger partial charge in [0.05, 0.1) is 18.9 Å². The summed E-state index contributed by atoms with van der Waals surface area (Å²) in [5.41, 5.74) is 5.26. The molecular weight excluding hydrogens is 312 g/mol. The molecular formula is C21H24N2O2. The normalized spacial score (nSPS) is 23.6. The lowest BCUT2D eigenvalue weighted by Gasteiger charge is -2.36. The molecule has 130 valence electrons. The quantitative estimate of drug-likeness (QED) is 0.931. The van der Waals surface area contributed by atoms with Crippen molar-refractivity contribution in [2.24, 2.45) is 0 Å². The Morgan fingerprint density at radius 3 is 3.04 bits per heavy atom. The first kappa shape index (κ1) is 15.1. The zero-order valence-electron chi connectivity index (χ0n) is 14.6. The van der Waals surface area contributed by atoms with Gasteiger partial charge < -0.3 is 19.7 Å². The van der Waals surface area contributed by atoms with Crippen LogP contribution < -0.4 is 19.7 Å². The number of nitrogens with zero attached hydrogens (tertiary/aromatic N) is 1. The highest BCUT2D eigenvalue weighted by Gasteiger charge is 2.44. The van der Waals surface area contributed by atoms with E-state index in [0.29, 0.717) is 18.6 Å². The second kappa shape index (κ2) is 5.95. The molecule has 2 aromatic carbocycles. The minimum atomic E-state index is 0.548. The largest absolute Gasteiger partial charge is 0.493 e. The van der Waals surface area contributed by atoms with Crippen LogP contribution in [0.2, 0.25) is 0 Å². The molecule has 0 bridgehead atoms. The molecule has 2 aromatic rings. The monoisotopic (exact) mass is 336 g/mol. The lowest BCUT2D eigenvalue weighted by Crippen LogP contribution is -2.51. The first-order valence-corrected chi connectivity index (χ1v) is 9.37. The molecule has 5 rings (SSSR count). The number of rotatable bonds is 3. The van der Waals surface area contributed by atoms with Gasteiger partial charge in [0.15, 0.2) is 0 Å². The molecule has 3 aliphatic rings. The Hall–Kier alpha value is -2.20. The van der Waals surface area contributed by atoms with Crippen molar-refractivity contribution in [3.05, 3.63) is 42.0 Å². The number of fused-ring (bicyclic) bond motifs is 3. The molecule has 3 aliphatic heterocycles. The molecule has 0 amide bonds. The van der Waals surface area contributed by atoms with Crippen molar-refractivity contribution in [3.63, 3.8) is 0 Å². The van der Waals surface area contributed by atoms with Crippen LogP contribution >= 0.6 is 0 Å². The zero-order valence-corrected chi connectivity index (χ0v) is 14.6. The second-order valence-corrected chi connectivity index (χ2v) is 7.01. The summed E-state index contributed by atoms with van der Waals surface area (Å²) in [7, 11) is 0. The molecule has 1 N–H and O–H groups in total. The third-order valence-corrected chi connectivity index (χ3v) is 5.75. The summed E-state index contributed by atoms with van der Waals surface area (Å²) >= 11 is 0. The Morgan fingerprint density at radius 1 is 1.20 bits per heavy atom. The van der Waals surface area contributed by atoms with Gasteiger partial charge in [-0.1, -0.05) is 18.2 Å². The standard InChI is InChI=1S/C21H24N2O2/c1-2-24-18-6-4-3-5-14(18)15-7-8-19-20-16(9-12-25-19)17-13-22-10-11-23(17)21(15)20/h3-8,16-17,22H,2,9-13H2,1H3. The molecule has 2 atom stereocenters. The van der Waals surface area contributed by atoms with Crippen molar-refractivity contribution in [3.8, 4) is 22.6 Å². The number of piperazine rings is 1. The van der Waals surface area contributed by atoms with E-state index >= 15 is 0 Å². The third-order valence-electron chi connectivity index (χ3n) is 5.75. The van der Waals surface area contributed by atoms with Crippen LogP contribution in [-0.2, 0) is 0 Å². The Morgan fingerprint density at radius 2 is 2.12 bits per heavy atom. The fourth-order valence-corrected chi connectivity index (χ4v) is 4.76. The van der Waals surface area contributed by atoms with Crippen molar-refractivity contribution in [1.82, 2.24) is 5.32 Å². The van der Waals surface area contributed by atoms with Gasteiger partial charge in [-0.05, 0) is 31.5 Å². The summed E-state index contributed by atoms with van der Waals surface area (Å²) in [6.07, 6.45) is 1.11. The van der Waals surface area contributed by atoms with E-state index in [9.17, 15) is 0 Å².